The first-order valence-corrected chi connectivity index (χ1v) is 10.5. The molecular weight excluding hydrogens is 362 g/mol. The maximum absolute atomic E-state index is 12.5. The summed E-state index contributed by atoms with van der Waals surface area (Å²) in [6.45, 7) is 8.76. The summed E-state index contributed by atoms with van der Waals surface area (Å²) in [4.78, 5) is 14.8. The Balaban J connectivity index is 1.52. The maximum Gasteiger partial charge on any atom is 0.162 e. The molecule has 0 saturated carbocycles. The Labute approximate surface area is 174 Å². The molecule has 4 nitrogen and oxygen atoms in total. The van der Waals surface area contributed by atoms with Crippen molar-refractivity contribution in [2.45, 2.75) is 58.2 Å². The Kier molecular flexibility index (Phi) is 6.89. The van der Waals surface area contributed by atoms with Crippen molar-refractivity contribution < 1.29 is 15.0 Å². The fraction of sp³-hybridized carbons (Fsp3) is 0.480. The molecule has 0 aliphatic carbocycles. The van der Waals surface area contributed by atoms with E-state index < -0.39 is 6.10 Å². The lowest BCUT2D eigenvalue weighted by molar-refractivity contribution is 0.0962. The number of hydrogen-bond acceptors (Lipinski definition) is 4. The minimum atomic E-state index is -0.527. The van der Waals surface area contributed by atoms with E-state index >= 15 is 0 Å². The highest BCUT2D eigenvalue weighted by Crippen LogP contribution is 2.25. The molecule has 29 heavy (non-hydrogen) atoms. The van der Waals surface area contributed by atoms with Crippen LogP contribution in [0.4, 0.5) is 0 Å². The Bertz CT molecular complexity index is 836. The van der Waals surface area contributed by atoms with Gasteiger partial charge in [-0.05, 0) is 47.1 Å². The summed E-state index contributed by atoms with van der Waals surface area (Å²) in [5, 5.41) is 19.9. The second-order valence-corrected chi connectivity index (χ2v) is 9.11. The van der Waals surface area contributed by atoms with E-state index in [0.29, 0.717) is 13.0 Å². The van der Waals surface area contributed by atoms with Crippen LogP contribution in [-0.4, -0.2) is 40.5 Å². The zero-order valence-electron chi connectivity index (χ0n) is 17.8. The van der Waals surface area contributed by atoms with Crippen LogP contribution in [0, 0.1) is 0 Å². The summed E-state index contributed by atoms with van der Waals surface area (Å²) < 4.78 is 0. The number of Topliss-reactive ketones (excluding diaryl/α,β-unsaturated/α-hetero) is 1. The summed E-state index contributed by atoms with van der Waals surface area (Å²) in [6, 6.07) is 13.8. The van der Waals surface area contributed by atoms with Crippen molar-refractivity contribution in [3.63, 3.8) is 0 Å². The zero-order chi connectivity index (χ0) is 21.0. The number of rotatable bonds is 6. The van der Waals surface area contributed by atoms with Crippen LogP contribution in [0.5, 0.6) is 0 Å². The van der Waals surface area contributed by atoms with Crippen LogP contribution in [0.2, 0.25) is 0 Å². The minimum Gasteiger partial charge on any atom is -0.392 e. The van der Waals surface area contributed by atoms with Gasteiger partial charge in [0.15, 0.2) is 5.78 Å². The molecule has 0 spiro atoms. The maximum atomic E-state index is 12.5. The third kappa shape index (κ3) is 5.53. The molecule has 0 saturated heterocycles. The topological polar surface area (TPSA) is 60.8 Å². The van der Waals surface area contributed by atoms with E-state index in [1.54, 1.807) is 0 Å². The lowest BCUT2D eigenvalue weighted by atomic mass is 9.86. The number of hydrogen-bond donors (Lipinski definition) is 2. The van der Waals surface area contributed by atoms with Gasteiger partial charge < -0.3 is 15.1 Å². The van der Waals surface area contributed by atoms with Crippen molar-refractivity contribution >= 4 is 5.78 Å². The molecule has 1 aliphatic heterocycles. The van der Waals surface area contributed by atoms with Gasteiger partial charge in [-0.1, -0.05) is 63.2 Å². The Morgan fingerprint density at radius 2 is 1.86 bits per heavy atom. The van der Waals surface area contributed by atoms with E-state index in [9.17, 15) is 15.0 Å². The van der Waals surface area contributed by atoms with E-state index in [-0.39, 0.29) is 17.8 Å². The highest BCUT2D eigenvalue weighted by atomic mass is 16.3. The lowest BCUT2D eigenvalue weighted by Crippen LogP contribution is -2.29. The number of carbonyl (C=O) groups is 1. The Morgan fingerprint density at radius 3 is 2.52 bits per heavy atom. The molecule has 156 valence electrons. The summed E-state index contributed by atoms with van der Waals surface area (Å²) in [5.41, 5.74) is 5.05. The molecule has 4 heteroatoms. The van der Waals surface area contributed by atoms with Crippen LogP contribution in [0.15, 0.2) is 42.5 Å². The summed E-state index contributed by atoms with van der Waals surface area (Å²) in [5.74, 6) is 0.178. The fourth-order valence-corrected chi connectivity index (χ4v) is 3.98. The highest BCUT2D eigenvalue weighted by molar-refractivity contribution is 5.96. The Hall–Kier alpha value is -2.01. The molecule has 3 rings (SSSR count). The van der Waals surface area contributed by atoms with Crippen LogP contribution in [0.1, 0.15) is 72.3 Å². The van der Waals surface area contributed by atoms with E-state index in [2.05, 4.69) is 37.8 Å². The van der Waals surface area contributed by atoms with Crippen molar-refractivity contribution in [2.75, 3.05) is 19.6 Å². The Morgan fingerprint density at radius 1 is 1.14 bits per heavy atom. The summed E-state index contributed by atoms with van der Waals surface area (Å²) in [7, 11) is 0. The van der Waals surface area contributed by atoms with Gasteiger partial charge in [0.2, 0.25) is 0 Å². The van der Waals surface area contributed by atoms with E-state index in [0.717, 1.165) is 48.2 Å². The van der Waals surface area contributed by atoms with Gasteiger partial charge in [0.25, 0.3) is 0 Å². The molecule has 2 aromatic rings. The zero-order valence-corrected chi connectivity index (χ0v) is 17.8. The largest absolute Gasteiger partial charge is 0.392 e. The van der Waals surface area contributed by atoms with Gasteiger partial charge in [-0.15, -0.1) is 0 Å². The van der Waals surface area contributed by atoms with E-state index in [1.165, 1.54) is 5.56 Å². The number of benzene rings is 2. The van der Waals surface area contributed by atoms with E-state index in [4.69, 9.17) is 0 Å². The molecule has 1 aliphatic rings. The number of nitrogens with zero attached hydrogens (tertiary/aromatic N) is 1. The molecule has 0 bridgehead atoms. The molecule has 1 heterocycles. The summed E-state index contributed by atoms with van der Waals surface area (Å²) >= 11 is 0. The van der Waals surface area contributed by atoms with Gasteiger partial charge in [-0.2, -0.15) is 0 Å². The highest BCUT2D eigenvalue weighted by Gasteiger charge is 2.21. The normalized spacial score (nSPS) is 17.6. The van der Waals surface area contributed by atoms with Crippen molar-refractivity contribution in [1.82, 2.24) is 4.90 Å². The molecule has 2 N–H and O–H groups in total. The molecule has 0 fully saturated rings. The third-order valence-corrected chi connectivity index (χ3v) is 5.83. The quantitative estimate of drug-likeness (QED) is 0.725. The molecule has 2 aromatic carbocycles. The van der Waals surface area contributed by atoms with Crippen LogP contribution in [-0.2, 0) is 18.4 Å². The van der Waals surface area contributed by atoms with E-state index in [1.807, 2.05) is 30.3 Å². The van der Waals surface area contributed by atoms with Gasteiger partial charge in [0, 0.05) is 25.1 Å². The van der Waals surface area contributed by atoms with Crippen LogP contribution < -0.4 is 0 Å². The van der Waals surface area contributed by atoms with Crippen molar-refractivity contribution in [1.29, 1.82) is 0 Å². The van der Waals surface area contributed by atoms with Gasteiger partial charge in [-0.3, -0.25) is 4.79 Å². The molecule has 1 atom stereocenters. The number of aliphatic hydroxyl groups is 2. The average Bonchev–Trinajstić information content (AvgIpc) is 2.85. The molecule has 0 aromatic heterocycles. The van der Waals surface area contributed by atoms with Gasteiger partial charge >= 0.3 is 0 Å². The molecular formula is C25H33NO3. The van der Waals surface area contributed by atoms with Gasteiger partial charge in [0.05, 0.1) is 12.7 Å². The average molecular weight is 396 g/mol. The fourth-order valence-electron chi connectivity index (χ4n) is 3.98. The molecule has 1 unspecified atom stereocenters. The molecule has 0 amide bonds. The predicted octanol–water partition coefficient (Wildman–Crippen LogP) is 4.03. The lowest BCUT2D eigenvalue weighted by Gasteiger charge is -2.22. The first-order valence-electron chi connectivity index (χ1n) is 10.5. The van der Waals surface area contributed by atoms with Crippen molar-refractivity contribution in [2.24, 2.45) is 0 Å². The van der Waals surface area contributed by atoms with Crippen LogP contribution in [0.25, 0.3) is 0 Å². The second-order valence-electron chi connectivity index (χ2n) is 9.11. The first-order chi connectivity index (χ1) is 13.8. The van der Waals surface area contributed by atoms with Crippen molar-refractivity contribution in [3.8, 4) is 0 Å². The predicted molar refractivity (Wildman–Crippen MR) is 116 cm³/mol. The van der Waals surface area contributed by atoms with Gasteiger partial charge in [0.1, 0.15) is 0 Å². The third-order valence-electron chi connectivity index (χ3n) is 5.83. The first kappa shape index (κ1) is 21.7. The SMILES string of the molecule is CC(C)(C)c1ccc(C(=O)CCCN2CCc3cc(CO)ccc3C(O)C2)cc1. The number of aliphatic hydroxyl groups excluding tert-OH is 2. The number of carbonyl (C=O) groups excluding carboxylic acids is 1. The summed E-state index contributed by atoms with van der Waals surface area (Å²) in [6.07, 6.45) is 1.62. The van der Waals surface area contributed by atoms with Crippen molar-refractivity contribution in [3.05, 3.63) is 70.3 Å². The van der Waals surface area contributed by atoms with Gasteiger partial charge in [-0.25, -0.2) is 0 Å². The second kappa shape index (κ2) is 9.21. The number of fused-ring (bicyclic) bond motifs is 1. The monoisotopic (exact) mass is 395 g/mol. The molecule has 0 radical (unpaired) electrons. The smallest absolute Gasteiger partial charge is 0.162 e. The number of β-amino-alcohol motifs (C(OH)–C–C–N with tert-alkyl or cyclic N) is 1. The standard InChI is InChI=1S/C25H33NO3/c1-25(2,3)21-9-7-19(8-10-21)23(28)5-4-13-26-14-12-20-15-18(17-27)6-11-22(20)24(29)16-26/h6-11,15,24,27,29H,4-5,12-14,16-17H2,1-3H3. The minimum absolute atomic E-state index is 0.0198. The number of ketones is 1. The van der Waals surface area contributed by atoms with Crippen LogP contribution >= 0.6 is 0 Å². The van der Waals surface area contributed by atoms with Crippen LogP contribution in [0.3, 0.4) is 0 Å².